The molecule has 0 aliphatic rings. The first kappa shape index (κ1) is 8.43. The van der Waals surface area contributed by atoms with Gasteiger partial charge in [-0.25, -0.2) is 0 Å². The normalized spacial score (nSPS) is 9.00. The van der Waals surface area contributed by atoms with E-state index in [0.717, 1.165) is 19.4 Å². The summed E-state index contributed by atoms with van der Waals surface area (Å²) in [6.07, 6.45) is 2.29. The Labute approximate surface area is 55.4 Å². The van der Waals surface area contributed by atoms with Crippen LogP contribution in [0.25, 0.3) is 0 Å². The van der Waals surface area contributed by atoms with Gasteiger partial charge < -0.3 is 4.74 Å². The maximum absolute atomic E-state index is 9.58. The molecule has 3 nitrogen and oxygen atoms in total. The smallest absolute Gasteiger partial charge is 0.294 e. The van der Waals surface area contributed by atoms with Crippen molar-refractivity contribution in [2.45, 2.75) is 19.8 Å². The summed E-state index contributed by atoms with van der Waals surface area (Å²) in [5.74, 6) is 0. The molecule has 0 rings (SSSR count). The average Bonchev–Trinajstić information content (AvgIpc) is 1.89. The predicted octanol–water partition coefficient (Wildman–Crippen LogP) is 0.507. The quantitative estimate of drug-likeness (QED) is 0.324. The van der Waals surface area contributed by atoms with Gasteiger partial charge in [0.15, 0.2) is 0 Å². The maximum atomic E-state index is 9.58. The van der Waals surface area contributed by atoms with E-state index in [9.17, 15) is 4.79 Å². The molecule has 0 saturated carbocycles. The molecule has 0 atom stereocenters. The van der Waals surface area contributed by atoms with Crippen molar-refractivity contribution in [3.8, 4) is 0 Å². The zero-order valence-electron chi connectivity index (χ0n) is 5.72. The lowest BCUT2D eigenvalue weighted by atomic mass is 10.3. The Kier molecular flexibility index (Phi) is 6.96. The molecule has 54 valence electrons. The van der Waals surface area contributed by atoms with Crippen LogP contribution in [-0.2, 0) is 9.53 Å². The van der Waals surface area contributed by atoms with Crippen LogP contribution in [0.2, 0.25) is 0 Å². The molecule has 0 unspecified atom stereocenters. The van der Waals surface area contributed by atoms with Gasteiger partial charge in [0.05, 0.1) is 0 Å². The molecule has 0 fully saturated rings. The van der Waals surface area contributed by atoms with E-state index < -0.39 is 0 Å². The maximum Gasteiger partial charge on any atom is 0.294 e. The highest BCUT2D eigenvalue weighted by Crippen LogP contribution is 1.80. The summed E-state index contributed by atoms with van der Waals surface area (Å²) in [5.41, 5.74) is 0. The molecular weight excluding hydrogens is 118 g/mol. The van der Waals surface area contributed by atoms with Crippen LogP contribution in [0.5, 0.6) is 0 Å². The molecule has 0 aliphatic carbocycles. The second kappa shape index (κ2) is 7.43. The van der Waals surface area contributed by atoms with E-state index in [-0.39, 0.29) is 0 Å². The van der Waals surface area contributed by atoms with Gasteiger partial charge >= 0.3 is 0 Å². The first-order chi connectivity index (χ1) is 4.41. The second-order valence-electron chi connectivity index (χ2n) is 1.76. The summed E-state index contributed by atoms with van der Waals surface area (Å²) in [6.45, 7) is 3.81. The third-order valence-electron chi connectivity index (χ3n) is 0.961. The zero-order valence-corrected chi connectivity index (χ0v) is 5.72. The number of nitrogens with one attached hydrogen (secondary N) is 1. The van der Waals surface area contributed by atoms with Gasteiger partial charge in [0.2, 0.25) is 0 Å². The first-order valence-corrected chi connectivity index (χ1v) is 3.17. The summed E-state index contributed by atoms with van der Waals surface area (Å²) in [7, 11) is 0. The molecule has 0 bridgehead atoms. The van der Waals surface area contributed by atoms with Crippen LogP contribution < -0.4 is 5.32 Å². The van der Waals surface area contributed by atoms with Crippen LogP contribution in [-0.4, -0.2) is 19.7 Å². The lowest BCUT2D eigenvalue weighted by Gasteiger charge is -1.99. The molecule has 0 heterocycles. The number of rotatable bonds is 6. The molecule has 9 heavy (non-hydrogen) atoms. The Hall–Kier alpha value is -0.570. The van der Waals surface area contributed by atoms with Crippen molar-refractivity contribution < 1.29 is 9.53 Å². The van der Waals surface area contributed by atoms with Crippen molar-refractivity contribution in [2.75, 3.05) is 13.3 Å². The van der Waals surface area contributed by atoms with E-state index in [1.165, 1.54) is 0 Å². The van der Waals surface area contributed by atoms with Crippen LogP contribution in [0, 0.1) is 0 Å². The topological polar surface area (TPSA) is 38.3 Å². The monoisotopic (exact) mass is 131 g/mol. The molecule has 0 aromatic rings. The van der Waals surface area contributed by atoms with Gasteiger partial charge in [-0.05, 0) is 13.0 Å². The second-order valence-corrected chi connectivity index (χ2v) is 1.76. The number of unbranched alkanes of at least 4 members (excludes halogenated alkanes) is 1. The van der Waals surface area contributed by atoms with E-state index in [2.05, 4.69) is 17.0 Å². The Bertz CT molecular complexity index is 66.1. The minimum Gasteiger partial charge on any atom is -0.452 e. The zero-order chi connectivity index (χ0) is 6.95. The number of hydrogen-bond acceptors (Lipinski definition) is 3. The van der Waals surface area contributed by atoms with Crippen molar-refractivity contribution >= 4 is 6.47 Å². The Morgan fingerprint density at radius 2 is 2.44 bits per heavy atom. The summed E-state index contributed by atoms with van der Waals surface area (Å²) in [4.78, 5) is 9.58. The highest BCUT2D eigenvalue weighted by atomic mass is 16.5. The number of carbonyl (C=O) groups is 1. The average molecular weight is 131 g/mol. The van der Waals surface area contributed by atoms with E-state index in [4.69, 9.17) is 0 Å². The summed E-state index contributed by atoms with van der Waals surface area (Å²) in [5, 5.41) is 2.93. The number of carbonyl (C=O) groups excluding carboxylic acids is 1. The summed E-state index contributed by atoms with van der Waals surface area (Å²) < 4.78 is 4.39. The molecular formula is C6H13NO2. The Morgan fingerprint density at radius 3 is 3.00 bits per heavy atom. The third kappa shape index (κ3) is 7.43. The minimum absolute atomic E-state index is 0.337. The Morgan fingerprint density at radius 1 is 1.67 bits per heavy atom. The van der Waals surface area contributed by atoms with Crippen molar-refractivity contribution in [1.82, 2.24) is 5.32 Å². The molecule has 0 radical (unpaired) electrons. The van der Waals surface area contributed by atoms with Crippen molar-refractivity contribution in [3.63, 3.8) is 0 Å². The van der Waals surface area contributed by atoms with Crippen molar-refractivity contribution in [1.29, 1.82) is 0 Å². The predicted molar refractivity (Wildman–Crippen MR) is 34.9 cm³/mol. The van der Waals surface area contributed by atoms with Gasteiger partial charge in [0.1, 0.15) is 6.73 Å². The molecule has 0 aromatic heterocycles. The molecule has 0 saturated heterocycles. The van der Waals surface area contributed by atoms with Gasteiger partial charge in [-0.2, -0.15) is 0 Å². The van der Waals surface area contributed by atoms with Gasteiger partial charge in [-0.3, -0.25) is 10.1 Å². The molecule has 0 aliphatic heterocycles. The Balaban J connectivity index is 2.66. The number of hydrogen-bond donors (Lipinski definition) is 1. The van der Waals surface area contributed by atoms with Crippen LogP contribution in [0.3, 0.4) is 0 Å². The lowest BCUT2D eigenvalue weighted by molar-refractivity contribution is -0.129. The summed E-state index contributed by atoms with van der Waals surface area (Å²) >= 11 is 0. The van der Waals surface area contributed by atoms with Crippen LogP contribution in [0.15, 0.2) is 0 Å². The molecule has 1 N–H and O–H groups in total. The molecule has 0 aromatic carbocycles. The highest BCUT2D eigenvalue weighted by Gasteiger charge is 1.82. The van der Waals surface area contributed by atoms with Crippen LogP contribution in [0.4, 0.5) is 0 Å². The fourth-order valence-corrected chi connectivity index (χ4v) is 0.467. The van der Waals surface area contributed by atoms with Gasteiger partial charge in [0.25, 0.3) is 6.47 Å². The lowest BCUT2D eigenvalue weighted by Crippen LogP contribution is -2.18. The van der Waals surface area contributed by atoms with Crippen molar-refractivity contribution in [2.24, 2.45) is 0 Å². The first-order valence-electron chi connectivity index (χ1n) is 3.17. The van der Waals surface area contributed by atoms with Crippen molar-refractivity contribution in [3.05, 3.63) is 0 Å². The number of ether oxygens (including phenoxy) is 1. The summed E-state index contributed by atoms with van der Waals surface area (Å²) in [6, 6.07) is 0. The van der Waals surface area contributed by atoms with E-state index >= 15 is 0 Å². The van der Waals surface area contributed by atoms with Gasteiger partial charge in [0, 0.05) is 0 Å². The fourth-order valence-electron chi connectivity index (χ4n) is 0.467. The van der Waals surface area contributed by atoms with E-state index in [0.29, 0.717) is 13.2 Å². The third-order valence-corrected chi connectivity index (χ3v) is 0.961. The molecule has 3 heteroatoms. The van der Waals surface area contributed by atoms with Crippen LogP contribution >= 0.6 is 0 Å². The molecule has 0 spiro atoms. The van der Waals surface area contributed by atoms with E-state index in [1.54, 1.807) is 0 Å². The van der Waals surface area contributed by atoms with Crippen LogP contribution in [0.1, 0.15) is 19.8 Å². The fraction of sp³-hybridized carbons (Fsp3) is 0.833. The largest absolute Gasteiger partial charge is 0.452 e. The van der Waals surface area contributed by atoms with Gasteiger partial charge in [-0.15, -0.1) is 0 Å². The minimum atomic E-state index is 0.337. The molecule has 0 amide bonds. The SMILES string of the molecule is CCCCNCOC=O. The van der Waals surface area contributed by atoms with E-state index in [1.807, 2.05) is 0 Å². The standard InChI is InChI=1S/C6H13NO2/c1-2-3-4-7-5-9-6-8/h6-7H,2-5H2,1H3. The van der Waals surface area contributed by atoms with Gasteiger partial charge in [-0.1, -0.05) is 13.3 Å². The highest BCUT2D eigenvalue weighted by molar-refractivity contribution is 5.36.